The lowest BCUT2D eigenvalue weighted by Crippen LogP contribution is -2.19. The third-order valence-electron chi connectivity index (χ3n) is 6.90. The molecule has 0 fully saturated rings. The van der Waals surface area contributed by atoms with Gasteiger partial charge in [0.1, 0.15) is 29.4 Å². The van der Waals surface area contributed by atoms with Gasteiger partial charge in [-0.15, -0.1) is 0 Å². The van der Waals surface area contributed by atoms with Gasteiger partial charge in [0, 0.05) is 6.07 Å². The van der Waals surface area contributed by atoms with Crippen LogP contribution in [0.15, 0.2) is 66.7 Å². The molecule has 3 heterocycles. The Morgan fingerprint density at radius 1 is 0.745 bits per heavy atom. The number of aromatic nitrogens is 3. The molecular formula is C34H34N6O11. The summed E-state index contributed by atoms with van der Waals surface area (Å²) in [7, 11) is 1.14. The maximum atomic E-state index is 13.3. The van der Waals surface area contributed by atoms with Gasteiger partial charge in [-0.2, -0.15) is 0 Å². The first-order valence-corrected chi connectivity index (χ1v) is 15.6. The van der Waals surface area contributed by atoms with Crippen LogP contribution in [-0.4, -0.2) is 69.1 Å². The molecule has 3 aromatic heterocycles. The predicted molar refractivity (Wildman–Crippen MR) is 180 cm³/mol. The fourth-order valence-electron chi connectivity index (χ4n) is 4.37. The summed E-state index contributed by atoms with van der Waals surface area (Å²) in [5.41, 5.74) is -0.240. The number of ether oxygens (including phenoxy) is 4. The van der Waals surface area contributed by atoms with Crippen molar-refractivity contribution in [2.75, 3.05) is 31.0 Å². The van der Waals surface area contributed by atoms with Gasteiger partial charge in [-0.25, -0.2) is 24.5 Å². The number of aliphatic carboxylic acids is 1. The second-order valence-corrected chi connectivity index (χ2v) is 10.6. The third kappa shape index (κ3) is 10.7. The van der Waals surface area contributed by atoms with Crippen molar-refractivity contribution < 1.29 is 48.2 Å². The molecule has 17 heteroatoms. The quantitative estimate of drug-likeness (QED) is 0.0532. The molecule has 51 heavy (non-hydrogen) atoms. The highest BCUT2D eigenvalue weighted by molar-refractivity contribution is 6.06. The summed E-state index contributed by atoms with van der Waals surface area (Å²) in [5, 5.41) is 25.8. The number of nitrogens with one attached hydrogen (secondary N) is 2. The monoisotopic (exact) mass is 702 g/mol. The van der Waals surface area contributed by atoms with Gasteiger partial charge < -0.3 is 34.7 Å². The van der Waals surface area contributed by atoms with E-state index >= 15 is 0 Å². The summed E-state index contributed by atoms with van der Waals surface area (Å²) in [5.74, 6) is -4.52. The fourth-order valence-corrected chi connectivity index (χ4v) is 4.37. The van der Waals surface area contributed by atoms with Gasteiger partial charge in [0.25, 0.3) is 17.7 Å². The Bertz CT molecular complexity index is 1890. The smallest absolute Gasteiger partial charge is 0.356 e. The van der Waals surface area contributed by atoms with E-state index in [-0.39, 0.29) is 59.3 Å². The first-order chi connectivity index (χ1) is 24.6. The van der Waals surface area contributed by atoms with Crippen LogP contribution in [0.5, 0.6) is 17.6 Å². The van der Waals surface area contributed by atoms with Gasteiger partial charge in [0.05, 0.1) is 18.6 Å². The number of nitro groups is 1. The minimum Gasteiger partial charge on any atom is -0.479 e. The second kappa shape index (κ2) is 18.2. The molecule has 0 bridgehead atoms. The zero-order valence-electron chi connectivity index (χ0n) is 27.6. The second-order valence-electron chi connectivity index (χ2n) is 10.6. The maximum Gasteiger partial charge on any atom is 0.356 e. The summed E-state index contributed by atoms with van der Waals surface area (Å²) in [6, 6.07) is 16.5. The van der Waals surface area contributed by atoms with Crippen LogP contribution in [0, 0.1) is 10.1 Å². The number of carbonyl (C=O) groups excluding carboxylic acids is 3. The minimum atomic E-state index is -1.33. The lowest BCUT2D eigenvalue weighted by Gasteiger charge is -2.14. The zero-order valence-corrected chi connectivity index (χ0v) is 27.6. The van der Waals surface area contributed by atoms with Crippen molar-refractivity contribution in [2.45, 2.75) is 39.2 Å². The molecule has 4 aromatic rings. The average molecular weight is 703 g/mol. The standard InChI is InChI=1S/C34H34N6O11/c1-3-4-5-9-18-49-33-27(40(46)47)17-16-23(38-33)30(44)35-24-13-12-22(37-31(24)50-19-21-10-7-6-8-11-21)29(43)36-25-14-15-26(34(45)48-2)39-32(25)51-20-28(41)42/h6-8,10-17H,3-5,9,18-20H2,1-2H3,(H,35,44)(H,36,43)(H,41,42). The van der Waals surface area contributed by atoms with E-state index in [2.05, 4.69) is 37.2 Å². The van der Waals surface area contributed by atoms with Crippen molar-refractivity contribution in [3.05, 3.63) is 99.5 Å². The van der Waals surface area contributed by atoms with E-state index in [9.17, 15) is 29.3 Å². The number of carboxylic acid groups (broad SMARTS) is 1. The Balaban J connectivity index is 1.60. The number of anilines is 2. The summed E-state index contributed by atoms with van der Waals surface area (Å²) in [4.78, 5) is 73.0. The van der Waals surface area contributed by atoms with Crippen molar-refractivity contribution >= 4 is 40.8 Å². The number of rotatable bonds is 18. The van der Waals surface area contributed by atoms with E-state index in [1.54, 1.807) is 24.3 Å². The molecule has 3 N–H and O–H groups in total. The fraction of sp³-hybridized carbons (Fsp3) is 0.265. The molecule has 0 atom stereocenters. The van der Waals surface area contributed by atoms with Crippen LogP contribution < -0.4 is 24.8 Å². The molecule has 1 aromatic carbocycles. The third-order valence-corrected chi connectivity index (χ3v) is 6.90. The molecule has 0 aliphatic rings. The van der Waals surface area contributed by atoms with Gasteiger partial charge in [0.2, 0.25) is 11.8 Å². The largest absolute Gasteiger partial charge is 0.479 e. The van der Waals surface area contributed by atoms with Crippen LogP contribution >= 0.6 is 0 Å². The van der Waals surface area contributed by atoms with E-state index in [0.29, 0.717) is 6.42 Å². The Morgan fingerprint density at radius 2 is 1.33 bits per heavy atom. The highest BCUT2D eigenvalue weighted by Crippen LogP contribution is 2.29. The van der Waals surface area contributed by atoms with E-state index in [1.165, 1.54) is 30.3 Å². The van der Waals surface area contributed by atoms with Gasteiger partial charge in [0.15, 0.2) is 12.3 Å². The maximum absolute atomic E-state index is 13.3. The molecule has 0 aliphatic carbocycles. The predicted octanol–water partition coefficient (Wildman–Crippen LogP) is 5.07. The minimum absolute atomic E-state index is 0.000327. The number of amides is 2. The number of hydrogen-bond donors (Lipinski definition) is 3. The molecule has 0 saturated carbocycles. The van der Waals surface area contributed by atoms with E-state index in [1.807, 2.05) is 6.07 Å². The van der Waals surface area contributed by atoms with Gasteiger partial charge in [-0.05, 0) is 42.3 Å². The molecular weight excluding hydrogens is 668 g/mol. The van der Waals surface area contributed by atoms with Crippen LogP contribution in [0.25, 0.3) is 0 Å². The lowest BCUT2D eigenvalue weighted by molar-refractivity contribution is -0.386. The molecule has 17 nitrogen and oxygen atoms in total. The van der Waals surface area contributed by atoms with Crippen LogP contribution in [0.4, 0.5) is 17.1 Å². The molecule has 0 radical (unpaired) electrons. The van der Waals surface area contributed by atoms with Crippen molar-refractivity contribution in [3.8, 4) is 17.6 Å². The van der Waals surface area contributed by atoms with Crippen LogP contribution in [-0.2, 0) is 16.1 Å². The van der Waals surface area contributed by atoms with Crippen LogP contribution in [0.2, 0.25) is 0 Å². The number of carboxylic acids is 1. The zero-order chi connectivity index (χ0) is 36.8. The molecule has 4 rings (SSSR count). The highest BCUT2D eigenvalue weighted by atomic mass is 16.6. The van der Waals surface area contributed by atoms with Crippen molar-refractivity contribution in [2.24, 2.45) is 0 Å². The SMILES string of the molecule is CCCCCCOc1nc(C(=O)Nc2ccc(C(=O)Nc3ccc(C(=O)OC)nc3OCC(=O)O)nc2OCc2ccccc2)ccc1[N+](=O)[O-]. The van der Waals surface area contributed by atoms with Crippen LogP contribution in [0.1, 0.15) is 69.6 Å². The Hall–Kier alpha value is -6.65. The topological polar surface area (TPSA) is 231 Å². The average Bonchev–Trinajstić information content (AvgIpc) is 3.13. The number of esters is 1. The molecule has 0 saturated heterocycles. The number of hydrogen-bond acceptors (Lipinski definition) is 13. The normalized spacial score (nSPS) is 10.5. The van der Waals surface area contributed by atoms with Crippen LogP contribution in [0.3, 0.4) is 0 Å². The number of nitrogens with zero attached hydrogens (tertiary/aromatic N) is 4. The number of benzene rings is 1. The summed E-state index contributed by atoms with van der Waals surface area (Å²) in [6.45, 7) is 1.41. The van der Waals surface area contributed by atoms with Gasteiger partial charge >= 0.3 is 17.6 Å². The summed E-state index contributed by atoms with van der Waals surface area (Å²) >= 11 is 0. The van der Waals surface area contributed by atoms with E-state index in [4.69, 9.17) is 19.3 Å². The molecule has 0 unspecified atom stereocenters. The van der Waals surface area contributed by atoms with E-state index < -0.39 is 41.0 Å². The van der Waals surface area contributed by atoms with Crippen molar-refractivity contribution in [3.63, 3.8) is 0 Å². The highest BCUT2D eigenvalue weighted by Gasteiger charge is 2.23. The van der Waals surface area contributed by atoms with Gasteiger partial charge in [-0.3, -0.25) is 19.7 Å². The van der Waals surface area contributed by atoms with Crippen molar-refractivity contribution in [1.29, 1.82) is 0 Å². The first kappa shape index (κ1) is 37.2. The lowest BCUT2D eigenvalue weighted by atomic mass is 10.2. The van der Waals surface area contributed by atoms with Crippen molar-refractivity contribution in [1.82, 2.24) is 15.0 Å². The molecule has 0 spiro atoms. The Labute approximate surface area is 291 Å². The van der Waals surface area contributed by atoms with E-state index in [0.717, 1.165) is 38.0 Å². The molecule has 266 valence electrons. The number of methoxy groups -OCH3 is 1. The molecule has 0 aliphatic heterocycles. The summed E-state index contributed by atoms with van der Waals surface area (Å²) < 4.78 is 21.3. The Kier molecular flexibility index (Phi) is 13.3. The Morgan fingerprint density at radius 3 is 1.94 bits per heavy atom. The number of unbranched alkanes of at least 4 members (excludes halogenated alkanes) is 3. The summed E-state index contributed by atoms with van der Waals surface area (Å²) in [6.07, 6.45) is 3.51. The number of pyridine rings is 3. The first-order valence-electron chi connectivity index (χ1n) is 15.6. The molecule has 2 amide bonds. The number of carbonyl (C=O) groups is 4. The van der Waals surface area contributed by atoms with Gasteiger partial charge in [-0.1, -0.05) is 56.5 Å².